The summed E-state index contributed by atoms with van der Waals surface area (Å²) >= 11 is 0. The van der Waals surface area contributed by atoms with E-state index < -0.39 is 0 Å². The number of aryl methyl sites for hydroxylation is 1. The molecule has 1 aliphatic rings. The van der Waals surface area contributed by atoms with Crippen LogP contribution in [0.3, 0.4) is 0 Å². The van der Waals surface area contributed by atoms with E-state index in [-0.39, 0.29) is 30.2 Å². The molecule has 33 heavy (non-hydrogen) atoms. The van der Waals surface area contributed by atoms with Crippen LogP contribution in [0.2, 0.25) is 0 Å². The summed E-state index contributed by atoms with van der Waals surface area (Å²) in [5, 5.41) is 0.569. The Labute approximate surface area is 189 Å². The number of nitrogens with one attached hydrogen (secondary N) is 1. The first-order chi connectivity index (χ1) is 16.0. The van der Waals surface area contributed by atoms with Crippen molar-refractivity contribution >= 4 is 33.5 Å². The Hall–Kier alpha value is -3.88. The fourth-order valence-corrected chi connectivity index (χ4v) is 4.32. The lowest BCUT2D eigenvalue weighted by Gasteiger charge is -2.36. The number of hydrogen-bond donors (Lipinski definition) is 1. The lowest BCUT2D eigenvalue weighted by Crippen LogP contribution is -2.49. The standard InChI is InChI=1S/C24H24FN5O3/c1-33-18-4-2-3-17(14-18)28-9-11-29(12-10-28)21(31)7-8-30-15-26-22-19-13-16(25)5-6-20(19)27-23(22)24(30)32/h2-6,13-15,27H,7-12H2,1H3. The molecule has 170 valence electrons. The van der Waals surface area contributed by atoms with E-state index in [1.807, 2.05) is 29.2 Å². The summed E-state index contributed by atoms with van der Waals surface area (Å²) in [4.78, 5) is 37.1. The van der Waals surface area contributed by atoms with Crippen molar-refractivity contribution in [3.05, 3.63) is 65.0 Å². The number of carbonyl (C=O) groups excluding carboxylic acids is 1. The summed E-state index contributed by atoms with van der Waals surface area (Å²) in [6.07, 6.45) is 1.64. The topological polar surface area (TPSA) is 83.5 Å². The number of fused-ring (bicyclic) bond motifs is 3. The van der Waals surface area contributed by atoms with Gasteiger partial charge in [0.25, 0.3) is 5.56 Å². The van der Waals surface area contributed by atoms with E-state index in [0.717, 1.165) is 24.5 Å². The van der Waals surface area contributed by atoms with Gasteiger partial charge in [0.15, 0.2) is 0 Å². The van der Waals surface area contributed by atoms with Gasteiger partial charge >= 0.3 is 0 Å². The van der Waals surface area contributed by atoms with Gasteiger partial charge in [-0.2, -0.15) is 0 Å². The van der Waals surface area contributed by atoms with Crippen molar-refractivity contribution in [1.29, 1.82) is 0 Å². The van der Waals surface area contributed by atoms with Crippen LogP contribution in [0.25, 0.3) is 21.9 Å². The fraction of sp³-hybridized carbons (Fsp3) is 0.292. The maximum atomic E-state index is 13.6. The number of hydrogen-bond acceptors (Lipinski definition) is 5. The third kappa shape index (κ3) is 4.02. The third-order valence-corrected chi connectivity index (χ3v) is 6.15. The molecular formula is C24H24FN5O3. The van der Waals surface area contributed by atoms with Crippen LogP contribution in [-0.4, -0.2) is 58.6 Å². The summed E-state index contributed by atoms with van der Waals surface area (Å²) in [6, 6.07) is 12.2. The van der Waals surface area contributed by atoms with Gasteiger partial charge in [0.2, 0.25) is 5.91 Å². The van der Waals surface area contributed by atoms with Crippen molar-refractivity contribution in [2.24, 2.45) is 0 Å². The molecular weight excluding hydrogens is 425 g/mol. The monoisotopic (exact) mass is 449 g/mol. The third-order valence-electron chi connectivity index (χ3n) is 6.15. The Balaban J connectivity index is 1.23. The number of anilines is 1. The summed E-state index contributed by atoms with van der Waals surface area (Å²) in [5.41, 5.74) is 2.21. The van der Waals surface area contributed by atoms with Gasteiger partial charge in [0.05, 0.1) is 13.4 Å². The van der Waals surface area contributed by atoms with Crippen molar-refractivity contribution in [2.45, 2.75) is 13.0 Å². The zero-order chi connectivity index (χ0) is 22.9. The van der Waals surface area contributed by atoms with Crippen LogP contribution in [0.15, 0.2) is 53.6 Å². The molecule has 0 atom stereocenters. The van der Waals surface area contributed by atoms with Gasteiger partial charge in [-0.25, -0.2) is 9.37 Å². The van der Waals surface area contributed by atoms with E-state index in [2.05, 4.69) is 14.9 Å². The van der Waals surface area contributed by atoms with Crippen LogP contribution in [-0.2, 0) is 11.3 Å². The van der Waals surface area contributed by atoms with E-state index in [0.29, 0.717) is 35.0 Å². The molecule has 0 bridgehead atoms. The van der Waals surface area contributed by atoms with Gasteiger partial charge in [0.1, 0.15) is 22.6 Å². The molecule has 0 saturated carbocycles. The molecule has 1 fully saturated rings. The highest BCUT2D eigenvalue weighted by atomic mass is 19.1. The number of aromatic amines is 1. The van der Waals surface area contributed by atoms with Crippen molar-refractivity contribution in [1.82, 2.24) is 19.4 Å². The lowest BCUT2D eigenvalue weighted by molar-refractivity contribution is -0.131. The van der Waals surface area contributed by atoms with Crippen LogP contribution < -0.4 is 15.2 Å². The van der Waals surface area contributed by atoms with Crippen molar-refractivity contribution in [2.75, 3.05) is 38.2 Å². The van der Waals surface area contributed by atoms with Crippen molar-refractivity contribution < 1.29 is 13.9 Å². The Morgan fingerprint density at radius 1 is 1.15 bits per heavy atom. The number of amides is 1. The van der Waals surface area contributed by atoms with Crippen molar-refractivity contribution in [3.8, 4) is 5.75 Å². The normalized spacial score (nSPS) is 14.2. The molecule has 0 radical (unpaired) electrons. The van der Waals surface area contributed by atoms with E-state index in [1.165, 1.54) is 23.0 Å². The number of piperazine rings is 1. The van der Waals surface area contributed by atoms with Crippen LogP contribution in [0.4, 0.5) is 10.1 Å². The molecule has 1 aliphatic heterocycles. The largest absolute Gasteiger partial charge is 0.497 e. The minimum absolute atomic E-state index is 0.00556. The molecule has 4 aromatic rings. The first kappa shape index (κ1) is 21.0. The molecule has 5 rings (SSSR count). The number of rotatable bonds is 5. The summed E-state index contributed by atoms with van der Waals surface area (Å²) in [6.45, 7) is 2.95. The average molecular weight is 449 g/mol. The highest BCUT2D eigenvalue weighted by molar-refractivity contribution is 6.04. The molecule has 0 unspecified atom stereocenters. The van der Waals surface area contributed by atoms with Crippen LogP contribution >= 0.6 is 0 Å². The molecule has 9 heteroatoms. The van der Waals surface area contributed by atoms with Gasteiger partial charge in [0, 0.05) is 61.8 Å². The number of halogens is 1. The minimum atomic E-state index is -0.383. The number of carbonyl (C=O) groups is 1. The Bertz CT molecular complexity index is 1390. The molecule has 1 amide bonds. The smallest absolute Gasteiger partial charge is 0.277 e. The maximum Gasteiger partial charge on any atom is 0.277 e. The number of H-pyrrole nitrogens is 1. The highest BCUT2D eigenvalue weighted by Crippen LogP contribution is 2.23. The first-order valence-electron chi connectivity index (χ1n) is 10.9. The Morgan fingerprint density at radius 3 is 2.76 bits per heavy atom. The first-order valence-corrected chi connectivity index (χ1v) is 10.9. The quantitative estimate of drug-likeness (QED) is 0.507. The van der Waals surface area contributed by atoms with Gasteiger partial charge in [-0.05, 0) is 30.3 Å². The molecule has 2 aromatic carbocycles. The highest BCUT2D eigenvalue weighted by Gasteiger charge is 2.22. The maximum absolute atomic E-state index is 13.6. The zero-order valence-corrected chi connectivity index (χ0v) is 18.3. The zero-order valence-electron chi connectivity index (χ0n) is 18.3. The fourth-order valence-electron chi connectivity index (χ4n) is 4.32. The van der Waals surface area contributed by atoms with Gasteiger partial charge < -0.3 is 19.5 Å². The summed E-state index contributed by atoms with van der Waals surface area (Å²) in [7, 11) is 1.65. The second-order valence-corrected chi connectivity index (χ2v) is 8.10. The van der Waals surface area contributed by atoms with Crippen molar-refractivity contribution in [3.63, 3.8) is 0 Å². The number of benzene rings is 2. The molecule has 0 spiro atoms. The SMILES string of the molecule is COc1cccc(N2CCN(C(=O)CCn3cnc4c([nH]c5ccc(F)cc54)c3=O)CC2)c1. The van der Waals surface area contributed by atoms with Gasteiger partial charge in [-0.15, -0.1) is 0 Å². The second-order valence-electron chi connectivity index (χ2n) is 8.10. The molecule has 0 aliphatic carbocycles. The minimum Gasteiger partial charge on any atom is -0.497 e. The van der Waals surface area contributed by atoms with Crippen LogP contribution in [0.1, 0.15) is 6.42 Å². The Kier molecular flexibility index (Phi) is 5.45. The molecule has 8 nitrogen and oxygen atoms in total. The lowest BCUT2D eigenvalue weighted by atomic mass is 10.2. The van der Waals surface area contributed by atoms with Gasteiger partial charge in [-0.3, -0.25) is 14.2 Å². The van der Waals surface area contributed by atoms with Crippen LogP contribution in [0, 0.1) is 5.82 Å². The van der Waals surface area contributed by atoms with Gasteiger partial charge in [-0.1, -0.05) is 6.07 Å². The van der Waals surface area contributed by atoms with Crippen LogP contribution in [0.5, 0.6) is 5.75 Å². The second kappa shape index (κ2) is 8.57. The van der Waals surface area contributed by atoms with E-state index in [1.54, 1.807) is 13.2 Å². The molecule has 1 saturated heterocycles. The average Bonchev–Trinajstić information content (AvgIpc) is 3.22. The number of nitrogens with zero attached hydrogens (tertiary/aromatic N) is 4. The molecule has 3 heterocycles. The van der Waals surface area contributed by atoms with E-state index >= 15 is 0 Å². The Morgan fingerprint density at radius 2 is 1.97 bits per heavy atom. The molecule has 2 aromatic heterocycles. The number of methoxy groups -OCH3 is 1. The number of ether oxygens (including phenoxy) is 1. The predicted molar refractivity (Wildman–Crippen MR) is 124 cm³/mol. The molecule has 1 N–H and O–H groups in total. The summed E-state index contributed by atoms with van der Waals surface area (Å²) < 4.78 is 20.3. The summed E-state index contributed by atoms with van der Waals surface area (Å²) in [5.74, 6) is 0.430. The number of aromatic nitrogens is 3. The van der Waals surface area contributed by atoms with E-state index in [4.69, 9.17) is 4.74 Å². The van der Waals surface area contributed by atoms with E-state index in [9.17, 15) is 14.0 Å². The predicted octanol–water partition coefficient (Wildman–Crippen LogP) is 2.76.